The lowest BCUT2D eigenvalue weighted by atomic mass is 10.1. The van der Waals surface area contributed by atoms with Crippen LogP contribution in [0.25, 0.3) is 11.1 Å². The van der Waals surface area contributed by atoms with Crippen LogP contribution in [0.3, 0.4) is 0 Å². The molecule has 3 rings (SSSR count). The number of hydrogen-bond donors (Lipinski definition) is 2. The molecule has 0 saturated heterocycles. The topological polar surface area (TPSA) is 75.1 Å². The zero-order chi connectivity index (χ0) is 15.7. The Morgan fingerprint density at radius 3 is 2.86 bits per heavy atom. The standard InChI is InChI=1S/C17H16N2O3/c1-10-4-3-5-13(11(10)2)18-16(20)9-12-6-7-15-14(8-12)19-17(21)22-15/h3-8H,9H2,1-2H3,(H,18,20)(H,19,21). The molecule has 0 saturated carbocycles. The fraction of sp³-hybridized carbons (Fsp3) is 0.176. The number of oxazole rings is 1. The monoisotopic (exact) mass is 296 g/mol. The lowest BCUT2D eigenvalue weighted by molar-refractivity contribution is -0.115. The van der Waals surface area contributed by atoms with Crippen molar-refractivity contribution in [1.82, 2.24) is 4.98 Å². The second kappa shape index (κ2) is 5.52. The summed E-state index contributed by atoms with van der Waals surface area (Å²) < 4.78 is 4.94. The van der Waals surface area contributed by atoms with E-state index in [4.69, 9.17) is 4.42 Å². The van der Waals surface area contributed by atoms with E-state index in [1.807, 2.05) is 32.0 Å². The molecule has 0 spiro atoms. The molecule has 5 nitrogen and oxygen atoms in total. The summed E-state index contributed by atoms with van der Waals surface area (Å²) in [6.45, 7) is 3.99. The van der Waals surface area contributed by atoms with E-state index in [9.17, 15) is 9.59 Å². The maximum atomic E-state index is 12.2. The van der Waals surface area contributed by atoms with Gasteiger partial charge in [0.1, 0.15) is 0 Å². The molecule has 0 atom stereocenters. The molecule has 3 aromatic rings. The van der Waals surface area contributed by atoms with Gasteiger partial charge in [-0.2, -0.15) is 0 Å². The predicted molar refractivity (Wildman–Crippen MR) is 85.1 cm³/mol. The van der Waals surface area contributed by atoms with Gasteiger partial charge < -0.3 is 9.73 Å². The van der Waals surface area contributed by atoms with Crippen LogP contribution in [0.5, 0.6) is 0 Å². The van der Waals surface area contributed by atoms with E-state index >= 15 is 0 Å². The largest absolute Gasteiger partial charge is 0.417 e. The first-order chi connectivity index (χ1) is 10.5. The van der Waals surface area contributed by atoms with Crippen LogP contribution in [0, 0.1) is 13.8 Å². The van der Waals surface area contributed by atoms with E-state index in [0.29, 0.717) is 11.1 Å². The first-order valence-corrected chi connectivity index (χ1v) is 7.01. The Bertz CT molecular complexity index is 906. The Morgan fingerprint density at radius 2 is 2.05 bits per heavy atom. The molecule has 5 heteroatoms. The highest BCUT2D eigenvalue weighted by Crippen LogP contribution is 2.19. The van der Waals surface area contributed by atoms with Crippen molar-refractivity contribution < 1.29 is 9.21 Å². The molecular formula is C17H16N2O3. The highest BCUT2D eigenvalue weighted by Gasteiger charge is 2.09. The van der Waals surface area contributed by atoms with Crippen LogP contribution in [0.1, 0.15) is 16.7 Å². The van der Waals surface area contributed by atoms with Gasteiger partial charge in [0.25, 0.3) is 0 Å². The minimum atomic E-state index is -0.494. The number of hydrogen-bond acceptors (Lipinski definition) is 3. The third-order valence-corrected chi connectivity index (χ3v) is 3.73. The van der Waals surface area contributed by atoms with Gasteiger partial charge in [0.15, 0.2) is 5.58 Å². The third-order valence-electron chi connectivity index (χ3n) is 3.73. The number of nitrogens with one attached hydrogen (secondary N) is 2. The van der Waals surface area contributed by atoms with Crippen molar-refractivity contribution in [2.24, 2.45) is 0 Å². The molecule has 0 aliphatic rings. The Hall–Kier alpha value is -2.82. The van der Waals surface area contributed by atoms with Crippen LogP contribution in [-0.4, -0.2) is 10.9 Å². The molecule has 112 valence electrons. The first-order valence-electron chi connectivity index (χ1n) is 7.01. The summed E-state index contributed by atoms with van der Waals surface area (Å²) >= 11 is 0. The van der Waals surface area contributed by atoms with E-state index in [1.54, 1.807) is 18.2 Å². The predicted octanol–water partition coefficient (Wildman–Crippen LogP) is 2.92. The lowest BCUT2D eigenvalue weighted by Crippen LogP contribution is -2.15. The molecule has 0 fully saturated rings. The molecular weight excluding hydrogens is 280 g/mol. The number of aromatic nitrogens is 1. The van der Waals surface area contributed by atoms with Gasteiger partial charge in [0.05, 0.1) is 11.9 Å². The summed E-state index contributed by atoms with van der Waals surface area (Å²) in [5.74, 6) is -0.592. The summed E-state index contributed by atoms with van der Waals surface area (Å²) in [6, 6.07) is 11.0. The Balaban J connectivity index is 1.77. The number of fused-ring (bicyclic) bond motifs is 1. The number of aromatic amines is 1. The van der Waals surface area contributed by atoms with Gasteiger partial charge >= 0.3 is 5.76 Å². The Morgan fingerprint density at radius 1 is 1.23 bits per heavy atom. The van der Waals surface area contributed by atoms with Gasteiger partial charge in [-0.05, 0) is 48.7 Å². The quantitative estimate of drug-likeness (QED) is 0.780. The van der Waals surface area contributed by atoms with Crippen LogP contribution in [0.2, 0.25) is 0 Å². The smallest absolute Gasteiger partial charge is 0.408 e. The number of anilines is 1. The first kappa shape index (κ1) is 14.1. The molecule has 2 aromatic carbocycles. The Labute approximate surface area is 127 Å². The van der Waals surface area contributed by atoms with E-state index in [1.165, 1.54) is 0 Å². The second-order valence-electron chi connectivity index (χ2n) is 5.32. The molecule has 1 aromatic heterocycles. The van der Waals surface area contributed by atoms with Crippen LogP contribution in [-0.2, 0) is 11.2 Å². The number of carbonyl (C=O) groups is 1. The fourth-order valence-corrected chi connectivity index (χ4v) is 2.38. The summed E-state index contributed by atoms with van der Waals surface area (Å²) in [7, 11) is 0. The maximum Gasteiger partial charge on any atom is 0.417 e. The average molecular weight is 296 g/mol. The summed E-state index contributed by atoms with van der Waals surface area (Å²) in [5, 5.41) is 2.92. The van der Waals surface area contributed by atoms with Crippen molar-refractivity contribution >= 4 is 22.7 Å². The number of aryl methyl sites for hydroxylation is 1. The van der Waals surface area contributed by atoms with Gasteiger partial charge in [0.2, 0.25) is 5.91 Å². The molecule has 0 unspecified atom stereocenters. The van der Waals surface area contributed by atoms with Gasteiger partial charge in [-0.25, -0.2) is 4.79 Å². The zero-order valence-corrected chi connectivity index (χ0v) is 12.4. The van der Waals surface area contributed by atoms with Crippen molar-refractivity contribution in [3.05, 3.63) is 63.6 Å². The molecule has 1 amide bonds. The van der Waals surface area contributed by atoms with Crippen LogP contribution in [0.4, 0.5) is 5.69 Å². The lowest BCUT2D eigenvalue weighted by Gasteiger charge is -2.10. The number of carbonyl (C=O) groups excluding carboxylic acids is 1. The molecule has 1 heterocycles. The highest BCUT2D eigenvalue weighted by molar-refractivity contribution is 5.93. The summed E-state index contributed by atoms with van der Waals surface area (Å²) in [4.78, 5) is 25.9. The van der Waals surface area contributed by atoms with Crippen LogP contribution in [0.15, 0.2) is 45.6 Å². The van der Waals surface area contributed by atoms with Crippen molar-refractivity contribution in [2.45, 2.75) is 20.3 Å². The Kier molecular flexibility index (Phi) is 3.55. The van der Waals surface area contributed by atoms with Crippen molar-refractivity contribution in [2.75, 3.05) is 5.32 Å². The van der Waals surface area contributed by atoms with E-state index in [2.05, 4.69) is 10.3 Å². The average Bonchev–Trinajstić information content (AvgIpc) is 2.83. The number of H-pyrrole nitrogens is 1. The minimum absolute atomic E-state index is 0.0982. The van der Waals surface area contributed by atoms with Crippen molar-refractivity contribution in [3.63, 3.8) is 0 Å². The molecule has 0 radical (unpaired) electrons. The van der Waals surface area contributed by atoms with Crippen LogP contribution >= 0.6 is 0 Å². The molecule has 0 aliphatic heterocycles. The van der Waals surface area contributed by atoms with Gasteiger partial charge in [-0.15, -0.1) is 0 Å². The van der Waals surface area contributed by atoms with E-state index < -0.39 is 5.76 Å². The third kappa shape index (κ3) is 2.79. The van der Waals surface area contributed by atoms with E-state index in [-0.39, 0.29) is 12.3 Å². The highest BCUT2D eigenvalue weighted by atomic mass is 16.4. The SMILES string of the molecule is Cc1cccc(NC(=O)Cc2ccc3oc(=O)[nH]c3c2)c1C. The van der Waals surface area contributed by atoms with Crippen molar-refractivity contribution in [3.8, 4) is 0 Å². The zero-order valence-electron chi connectivity index (χ0n) is 12.4. The number of rotatable bonds is 3. The van der Waals surface area contributed by atoms with Gasteiger partial charge in [-0.1, -0.05) is 18.2 Å². The van der Waals surface area contributed by atoms with E-state index in [0.717, 1.165) is 22.4 Å². The second-order valence-corrected chi connectivity index (χ2v) is 5.32. The summed E-state index contributed by atoms with van der Waals surface area (Å²) in [6.07, 6.45) is 0.233. The number of benzene rings is 2. The van der Waals surface area contributed by atoms with Crippen LogP contribution < -0.4 is 11.1 Å². The van der Waals surface area contributed by atoms with Gasteiger partial charge in [0, 0.05) is 5.69 Å². The maximum absolute atomic E-state index is 12.2. The van der Waals surface area contributed by atoms with Gasteiger partial charge in [-0.3, -0.25) is 9.78 Å². The molecule has 0 aliphatic carbocycles. The van der Waals surface area contributed by atoms with Crippen molar-refractivity contribution in [1.29, 1.82) is 0 Å². The number of amides is 1. The fourth-order valence-electron chi connectivity index (χ4n) is 2.38. The molecule has 0 bridgehead atoms. The molecule has 22 heavy (non-hydrogen) atoms. The minimum Gasteiger partial charge on any atom is -0.408 e. The normalized spacial score (nSPS) is 10.8. The summed E-state index contributed by atoms with van der Waals surface area (Å²) in [5.41, 5.74) is 4.92. The molecule has 2 N–H and O–H groups in total.